The van der Waals surface area contributed by atoms with Gasteiger partial charge in [0.1, 0.15) is 5.56 Å². The fraction of sp³-hybridized carbons (Fsp3) is 0.211. The number of hydrazine groups is 1. The number of hydrogen-bond acceptors (Lipinski definition) is 5. The van der Waals surface area contributed by atoms with Crippen molar-refractivity contribution < 1.29 is 19.3 Å². The Morgan fingerprint density at radius 1 is 1.11 bits per heavy atom. The Morgan fingerprint density at radius 3 is 2.30 bits per heavy atom. The fourth-order valence-electron chi connectivity index (χ4n) is 3.23. The van der Waals surface area contributed by atoms with Gasteiger partial charge in [-0.3, -0.25) is 29.9 Å². The van der Waals surface area contributed by atoms with Gasteiger partial charge in [-0.25, -0.2) is 0 Å². The van der Waals surface area contributed by atoms with Gasteiger partial charge in [0, 0.05) is 6.92 Å². The highest BCUT2D eigenvalue weighted by Gasteiger charge is 2.49. The Kier molecular flexibility index (Phi) is 4.27. The van der Waals surface area contributed by atoms with Crippen LogP contribution in [0, 0.1) is 10.1 Å². The zero-order chi connectivity index (χ0) is 19.9. The van der Waals surface area contributed by atoms with Crippen LogP contribution >= 0.6 is 0 Å². The number of nitrogens with one attached hydrogen (secondary N) is 1. The Labute approximate surface area is 154 Å². The topological polar surface area (TPSA) is 110 Å². The number of carbonyl (C=O) groups is 3. The number of imide groups is 1. The van der Waals surface area contributed by atoms with Crippen LogP contribution in [0.2, 0.25) is 0 Å². The average Bonchev–Trinajstić information content (AvgIpc) is 2.63. The first-order valence-corrected chi connectivity index (χ1v) is 8.19. The molecular weight excluding hydrogens is 350 g/mol. The molecular formula is C19H17N3O5. The van der Waals surface area contributed by atoms with Gasteiger partial charge in [0.15, 0.2) is 0 Å². The molecule has 0 unspecified atom stereocenters. The van der Waals surface area contributed by atoms with Gasteiger partial charge >= 0.3 is 0 Å². The number of amides is 3. The van der Waals surface area contributed by atoms with E-state index in [2.05, 4.69) is 5.43 Å². The maximum Gasteiger partial charge on any atom is 0.290 e. The quantitative estimate of drug-likeness (QED) is 0.509. The number of nitrogens with zero attached hydrogens (tertiary/aromatic N) is 2. The minimum atomic E-state index is -1.23. The maximum absolute atomic E-state index is 12.9. The van der Waals surface area contributed by atoms with E-state index in [4.69, 9.17) is 0 Å². The smallest absolute Gasteiger partial charge is 0.274 e. The molecule has 0 aliphatic carbocycles. The van der Waals surface area contributed by atoms with Crippen molar-refractivity contribution in [1.82, 2.24) is 10.4 Å². The standard InChI is InChI=1S/C19H17N3O5/c1-11(23)20-21-17(24)15-14(19(2,3)18(21)25)10-9-13(16(15)22(26)27)12-7-5-4-6-8-12/h4-10H,1-3H3,(H,20,23). The summed E-state index contributed by atoms with van der Waals surface area (Å²) >= 11 is 0. The molecule has 0 spiro atoms. The van der Waals surface area contributed by atoms with Crippen LogP contribution in [0.4, 0.5) is 5.69 Å². The van der Waals surface area contributed by atoms with Crippen molar-refractivity contribution in [2.45, 2.75) is 26.2 Å². The molecule has 0 atom stereocenters. The van der Waals surface area contributed by atoms with Crippen LogP contribution in [0.15, 0.2) is 42.5 Å². The van der Waals surface area contributed by atoms with Gasteiger partial charge in [-0.15, -0.1) is 0 Å². The molecule has 1 N–H and O–H groups in total. The highest BCUT2D eigenvalue weighted by Crippen LogP contribution is 2.42. The van der Waals surface area contributed by atoms with E-state index < -0.39 is 28.1 Å². The second-order valence-electron chi connectivity index (χ2n) is 6.75. The first-order valence-electron chi connectivity index (χ1n) is 8.19. The van der Waals surface area contributed by atoms with Gasteiger partial charge in [-0.2, -0.15) is 5.01 Å². The summed E-state index contributed by atoms with van der Waals surface area (Å²) in [6, 6.07) is 11.7. The number of benzene rings is 2. The number of rotatable bonds is 3. The lowest BCUT2D eigenvalue weighted by Crippen LogP contribution is -2.58. The molecule has 8 heteroatoms. The number of hydrogen-bond donors (Lipinski definition) is 1. The third-order valence-electron chi connectivity index (χ3n) is 4.54. The molecule has 3 amide bonds. The SMILES string of the molecule is CC(=O)NN1C(=O)c2c(ccc(-c3ccccc3)c2[N+](=O)[O-])C(C)(C)C1=O. The van der Waals surface area contributed by atoms with E-state index in [1.54, 1.807) is 56.3 Å². The molecule has 0 saturated heterocycles. The molecule has 2 aromatic carbocycles. The van der Waals surface area contributed by atoms with Gasteiger partial charge in [-0.05, 0) is 31.0 Å². The van der Waals surface area contributed by atoms with Crippen molar-refractivity contribution in [3.8, 4) is 11.1 Å². The summed E-state index contributed by atoms with van der Waals surface area (Å²) < 4.78 is 0. The highest BCUT2D eigenvalue weighted by atomic mass is 16.6. The number of fused-ring (bicyclic) bond motifs is 1. The highest BCUT2D eigenvalue weighted by molar-refractivity contribution is 6.16. The molecule has 0 bridgehead atoms. The predicted molar refractivity (Wildman–Crippen MR) is 96.6 cm³/mol. The third-order valence-corrected chi connectivity index (χ3v) is 4.54. The van der Waals surface area contributed by atoms with Crippen molar-refractivity contribution in [3.05, 3.63) is 63.7 Å². The molecule has 0 aromatic heterocycles. The van der Waals surface area contributed by atoms with Gasteiger partial charge < -0.3 is 0 Å². The van der Waals surface area contributed by atoms with Crippen LogP contribution in [0.3, 0.4) is 0 Å². The van der Waals surface area contributed by atoms with Crippen LogP contribution in [0.5, 0.6) is 0 Å². The van der Waals surface area contributed by atoms with E-state index in [1.165, 1.54) is 0 Å². The van der Waals surface area contributed by atoms with Gasteiger partial charge in [0.05, 0.1) is 15.9 Å². The molecule has 2 aromatic rings. The van der Waals surface area contributed by atoms with Gasteiger partial charge in [0.25, 0.3) is 17.5 Å². The number of nitro groups is 1. The lowest BCUT2D eigenvalue weighted by Gasteiger charge is -2.36. The van der Waals surface area contributed by atoms with Crippen molar-refractivity contribution in [2.24, 2.45) is 0 Å². The van der Waals surface area contributed by atoms with E-state index in [9.17, 15) is 24.5 Å². The maximum atomic E-state index is 12.9. The zero-order valence-electron chi connectivity index (χ0n) is 15.0. The van der Waals surface area contributed by atoms with Crippen molar-refractivity contribution in [3.63, 3.8) is 0 Å². The van der Waals surface area contributed by atoms with Crippen LogP contribution in [-0.4, -0.2) is 27.7 Å². The Balaban J connectivity index is 2.34. The minimum absolute atomic E-state index is 0.195. The van der Waals surface area contributed by atoms with Crippen LogP contribution < -0.4 is 5.43 Å². The van der Waals surface area contributed by atoms with Gasteiger partial charge in [0.2, 0.25) is 5.91 Å². The summed E-state index contributed by atoms with van der Waals surface area (Å²) in [6.07, 6.45) is 0. The minimum Gasteiger partial charge on any atom is -0.274 e. The van der Waals surface area contributed by atoms with E-state index in [-0.39, 0.29) is 22.4 Å². The Morgan fingerprint density at radius 2 is 1.74 bits per heavy atom. The molecule has 138 valence electrons. The van der Waals surface area contributed by atoms with Crippen LogP contribution in [0.1, 0.15) is 36.7 Å². The zero-order valence-corrected chi connectivity index (χ0v) is 15.0. The predicted octanol–water partition coefficient (Wildman–Crippen LogP) is 2.57. The van der Waals surface area contributed by atoms with E-state index in [1.807, 2.05) is 0 Å². The summed E-state index contributed by atoms with van der Waals surface area (Å²) in [5.41, 5.74) is 1.45. The molecule has 1 aliphatic rings. The first-order chi connectivity index (χ1) is 12.7. The molecule has 1 aliphatic heterocycles. The normalized spacial score (nSPS) is 15.3. The molecule has 27 heavy (non-hydrogen) atoms. The average molecular weight is 367 g/mol. The largest absolute Gasteiger partial charge is 0.290 e. The molecule has 1 heterocycles. The lowest BCUT2D eigenvalue weighted by atomic mass is 9.76. The second-order valence-corrected chi connectivity index (χ2v) is 6.75. The number of nitro benzene ring substituents is 1. The Hall–Kier alpha value is -3.55. The summed E-state index contributed by atoms with van der Waals surface area (Å²) in [5, 5.41) is 12.5. The van der Waals surface area contributed by atoms with Crippen molar-refractivity contribution in [1.29, 1.82) is 0 Å². The van der Waals surface area contributed by atoms with E-state index in [0.29, 0.717) is 10.6 Å². The second kappa shape index (κ2) is 6.31. The van der Waals surface area contributed by atoms with Crippen LogP contribution in [0.25, 0.3) is 11.1 Å². The van der Waals surface area contributed by atoms with Gasteiger partial charge in [-0.1, -0.05) is 36.4 Å². The monoisotopic (exact) mass is 367 g/mol. The molecule has 8 nitrogen and oxygen atoms in total. The van der Waals surface area contributed by atoms with E-state index in [0.717, 1.165) is 6.92 Å². The van der Waals surface area contributed by atoms with Crippen LogP contribution in [-0.2, 0) is 15.0 Å². The Bertz CT molecular complexity index is 982. The molecule has 0 radical (unpaired) electrons. The summed E-state index contributed by atoms with van der Waals surface area (Å²) in [5.74, 6) is -2.20. The lowest BCUT2D eigenvalue weighted by molar-refractivity contribution is -0.384. The van der Waals surface area contributed by atoms with Crippen molar-refractivity contribution in [2.75, 3.05) is 0 Å². The molecule has 0 saturated carbocycles. The fourth-order valence-corrected chi connectivity index (χ4v) is 3.23. The number of carbonyl (C=O) groups excluding carboxylic acids is 3. The first kappa shape index (κ1) is 18.2. The van der Waals surface area contributed by atoms with E-state index >= 15 is 0 Å². The summed E-state index contributed by atoms with van der Waals surface area (Å²) in [4.78, 5) is 48.4. The third kappa shape index (κ3) is 2.84. The summed E-state index contributed by atoms with van der Waals surface area (Å²) in [6.45, 7) is 4.26. The summed E-state index contributed by atoms with van der Waals surface area (Å²) in [7, 11) is 0. The van der Waals surface area contributed by atoms with Crippen molar-refractivity contribution >= 4 is 23.4 Å². The molecule has 3 rings (SSSR count). The molecule has 0 fully saturated rings.